The molecule has 6 heteroatoms. The zero-order valence-corrected chi connectivity index (χ0v) is 18.4. The van der Waals surface area contributed by atoms with Crippen molar-refractivity contribution in [2.45, 2.75) is 51.5 Å². The number of rotatable bonds is 2. The molecule has 0 bridgehead atoms. The minimum Gasteiger partial charge on any atom is -0.487 e. The van der Waals surface area contributed by atoms with E-state index in [-0.39, 0.29) is 17.2 Å². The summed E-state index contributed by atoms with van der Waals surface area (Å²) in [6.07, 6.45) is 6.41. The van der Waals surface area contributed by atoms with Gasteiger partial charge in [0.1, 0.15) is 6.61 Å². The maximum Gasteiger partial charge on any atom is 0.254 e. The minimum atomic E-state index is -0.00620. The highest BCUT2D eigenvalue weighted by atomic mass is 16.5. The maximum atomic E-state index is 13.2. The third kappa shape index (κ3) is 2.73. The van der Waals surface area contributed by atoms with Crippen molar-refractivity contribution < 1.29 is 4.74 Å². The Morgan fingerprint density at radius 3 is 2.48 bits per heavy atom. The van der Waals surface area contributed by atoms with Gasteiger partial charge in [0.25, 0.3) is 11.1 Å². The van der Waals surface area contributed by atoms with Crippen LogP contribution in [0.25, 0.3) is 21.8 Å². The molecule has 1 saturated heterocycles. The summed E-state index contributed by atoms with van der Waals surface area (Å²) in [7, 11) is 1.85. The van der Waals surface area contributed by atoms with Gasteiger partial charge in [0.15, 0.2) is 5.75 Å². The number of hydrogen-bond donors (Lipinski definition) is 0. The summed E-state index contributed by atoms with van der Waals surface area (Å²) in [5, 5.41) is 2.19. The van der Waals surface area contributed by atoms with Crippen LogP contribution in [0.4, 0.5) is 0 Å². The lowest BCUT2D eigenvalue weighted by atomic mass is 9.88. The van der Waals surface area contributed by atoms with Crippen LogP contribution in [0.5, 0.6) is 5.75 Å². The zero-order valence-electron chi connectivity index (χ0n) is 18.4. The first-order chi connectivity index (χ1) is 15.0. The van der Waals surface area contributed by atoms with Crippen molar-refractivity contribution in [3.8, 4) is 5.75 Å². The second-order valence-electron chi connectivity index (χ2n) is 9.53. The molecule has 31 heavy (non-hydrogen) atoms. The van der Waals surface area contributed by atoms with Gasteiger partial charge in [-0.2, -0.15) is 0 Å². The second kappa shape index (κ2) is 6.95. The fourth-order valence-electron chi connectivity index (χ4n) is 6.08. The Morgan fingerprint density at radius 1 is 0.968 bits per heavy atom. The monoisotopic (exact) mass is 419 g/mol. The lowest BCUT2D eigenvalue weighted by Gasteiger charge is -2.33. The van der Waals surface area contributed by atoms with Gasteiger partial charge in [-0.05, 0) is 75.7 Å². The number of aromatic nitrogens is 2. The number of hydrogen-bond acceptors (Lipinski definition) is 4. The van der Waals surface area contributed by atoms with Crippen molar-refractivity contribution in [2.75, 3.05) is 26.2 Å². The molecule has 3 aromatic rings. The molecule has 3 aliphatic rings. The van der Waals surface area contributed by atoms with Crippen LogP contribution < -0.4 is 15.9 Å². The highest BCUT2D eigenvalue weighted by Gasteiger charge is 2.31. The summed E-state index contributed by atoms with van der Waals surface area (Å²) in [5.41, 5.74) is 4.94. The van der Waals surface area contributed by atoms with Crippen LogP contribution in [0.15, 0.2) is 21.7 Å². The van der Waals surface area contributed by atoms with E-state index < -0.39 is 0 Å². The topological polar surface area (TPSA) is 56.5 Å². The van der Waals surface area contributed by atoms with E-state index in [2.05, 4.69) is 11.0 Å². The Labute approximate surface area is 181 Å². The number of ether oxygens (including phenoxy) is 1. The lowest BCUT2D eigenvalue weighted by molar-refractivity contribution is 0.186. The molecule has 1 fully saturated rings. The van der Waals surface area contributed by atoms with E-state index in [9.17, 15) is 9.59 Å². The van der Waals surface area contributed by atoms with Gasteiger partial charge in [-0.25, -0.2) is 0 Å². The van der Waals surface area contributed by atoms with Crippen LogP contribution in [0.2, 0.25) is 0 Å². The van der Waals surface area contributed by atoms with Gasteiger partial charge in [0.2, 0.25) is 0 Å². The molecule has 162 valence electrons. The second-order valence-corrected chi connectivity index (χ2v) is 9.53. The first-order valence-electron chi connectivity index (χ1n) is 11.6. The Morgan fingerprint density at radius 2 is 1.71 bits per heavy atom. The van der Waals surface area contributed by atoms with Gasteiger partial charge in [0, 0.05) is 36.0 Å². The van der Waals surface area contributed by atoms with Gasteiger partial charge in [-0.3, -0.25) is 14.2 Å². The van der Waals surface area contributed by atoms with E-state index in [1.54, 1.807) is 10.6 Å². The summed E-state index contributed by atoms with van der Waals surface area (Å²) in [6, 6.07) is 3.98. The summed E-state index contributed by atoms with van der Waals surface area (Å²) in [4.78, 5) is 28.8. The molecule has 4 heterocycles. The van der Waals surface area contributed by atoms with Gasteiger partial charge in [-0.1, -0.05) is 0 Å². The van der Waals surface area contributed by atoms with Crippen LogP contribution >= 0.6 is 0 Å². The normalized spacial score (nSPS) is 20.9. The van der Waals surface area contributed by atoms with E-state index in [1.165, 1.54) is 18.4 Å². The Bertz CT molecular complexity index is 1340. The minimum absolute atomic E-state index is 0.00620. The van der Waals surface area contributed by atoms with Crippen LogP contribution in [0.3, 0.4) is 0 Å². The number of pyridine rings is 2. The number of nitrogens with zero attached hydrogens (tertiary/aromatic N) is 3. The fraction of sp³-hybridized carbons (Fsp3) is 0.520. The molecular formula is C25H29N3O3. The molecule has 0 N–H and O–H groups in total. The smallest absolute Gasteiger partial charge is 0.254 e. The molecule has 1 atom stereocenters. The van der Waals surface area contributed by atoms with Crippen LogP contribution in [0.1, 0.15) is 48.4 Å². The molecule has 1 aliphatic carbocycles. The van der Waals surface area contributed by atoms with E-state index >= 15 is 0 Å². The van der Waals surface area contributed by atoms with Gasteiger partial charge in [-0.15, -0.1) is 0 Å². The van der Waals surface area contributed by atoms with E-state index in [0.717, 1.165) is 78.3 Å². The van der Waals surface area contributed by atoms with Crippen LogP contribution in [-0.4, -0.2) is 40.3 Å². The van der Waals surface area contributed by atoms with Gasteiger partial charge >= 0.3 is 0 Å². The molecule has 0 amide bonds. The van der Waals surface area contributed by atoms with Crippen molar-refractivity contribution in [1.82, 2.24) is 14.0 Å². The number of fused-ring (bicyclic) bond motifs is 4. The number of benzene rings is 1. The molecule has 0 radical (unpaired) electrons. The fourth-order valence-corrected chi connectivity index (χ4v) is 6.08. The zero-order chi connectivity index (χ0) is 21.3. The molecule has 0 unspecified atom stereocenters. The molecule has 0 spiro atoms. The summed E-state index contributed by atoms with van der Waals surface area (Å²) in [5.74, 6) is 0.707. The Balaban J connectivity index is 1.69. The number of aryl methyl sites for hydroxylation is 3. The summed E-state index contributed by atoms with van der Waals surface area (Å²) in [6.45, 7) is 5.48. The van der Waals surface area contributed by atoms with E-state index in [4.69, 9.17) is 4.74 Å². The van der Waals surface area contributed by atoms with Crippen molar-refractivity contribution in [3.63, 3.8) is 0 Å². The quantitative estimate of drug-likeness (QED) is 0.599. The van der Waals surface area contributed by atoms with Crippen LogP contribution in [-0.2, 0) is 19.9 Å². The Kier molecular flexibility index (Phi) is 4.29. The van der Waals surface area contributed by atoms with Gasteiger partial charge in [0.05, 0.1) is 17.1 Å². The lowest BCUT2D eigenvalue weighted by Crippen LogP contribution is -2.39. The average Bonchev–Trinajstić information content (AvgIpc) is 3.28. The molecule has 2 aliphatic heterocycles. The molecular weight excluding hydrogens is 390 g/mol. The first-order valence-corrected chi connectivity index (χ1v) is 11.6. The molecule has 0 saturated carbocycles. The van der Waals surface area contributed by atoms with Crippen molar-refractivity contribution in [3.05, 3.63) is 49.5 Å². The van der Waals surface area contributed by atoms with Crippen molar-refractivity contribution >= 4 is 21.8 Å². The summed E-state index contributed by atoms with van der Waals surface area (Å²) >= 11 is 0. The predicted octanol–water partition coefficient (Wildman–Crippen LogP) is 3.07. The van der Waals surface area contributed by atoms with Crippen molar-refractivity contribution in [2.24, 2.45) is 7.05 Å². The van der Waals surface area contributed by atoms with Crippen LogP contribution in [0, 0.1) is 6.92 Å². The maximum absolute atomic E-state index is 13.2. The van der Waals surface area contributed by atoms with E-state index in [0.29, 0.717) is 12.4 Å². The summed E-state index contributed by atoms with van der Waals surface area (Å²) < 4.78 is 10.1. The SMILES string of the molecule is Cc1cc(=O)n2c3c(c4c(cc13)c1c(c(=O)n4C)CCCC1)OC[C@@H]2CN1CCCC1. The van der Waals surface area contributed by atoms with Gasteiger partial charge < -0.3 is 14.2 Å². The first kappa shape index (κ1) is 19.1. The highest BCUT2D eigenvalue weighted by Crippen LogP contribution is 2.41. The third-order valence-corrected chi connectivity index (χ3v) is 7.62. The predicted molar refractivity (Wildman–Crippen MR) is 123 cm³/mol. The number of likely N-dealkylation sites (tertiary alicyclic amines) is 1. The average molecular weight is 420 g/mol. The molecule has 6 nitrogen and oxygen atoms in total. The molecule has 1 aromatic carbocycles. The van der Waals surface area contributed by atoms with Crippen molar-refractivity contribution in [1.29, 1.82) is 0 Å². The third-order valence-electron chi connectivity index (χ3n) is 7.62. The van der Waals surface area contributed by atoms with E-state index in [1.807, 2.05) is 18.5 Å². The standard InChI is InChI=1S/C25H29N3O3/c1-15-11-21(29)28-16(13-27-9-5-6-10-27)14-31-24-22-20(12-19(15)23(24)28)17-7-3-4-8-18(17)25(30)26(22)2/h11-12,16H,3-10,13-14H2,1-2H3/t16-/m0/s1. The molecule has 6 rings (SSSR count). The largest absolute Gasteiger partial charge is 0.487 e. The Hall–Kier alpha value is -2.60. The molecule has 2 aromatic heterocycles. The highest BCUT2D eigenvalue weighted by molar-refractivity contribution is 6.05.